The van der Waals surface area contributed by atoms with Crippen LogP contribution in [0.25, 0.3) is 44.2 Å². The molecule has 7 aromatic carbocycles. The first-order valence-corrected chi connectivity index (χ1v) is 17.4. The van der Waals surface area contributed by atoms with Gasteiger partial charge < -0.3 is 15.5 Å². The van der Waals surface area contributed by atoms with Gasteiger partial charge in [-0.1, -0.05) is 127 Å². The molecule has 1 unspecified atom stereocenters. The van der Waals surface area contributed by atoms with Gasteiger partial charge in [0.25, 0.3) is 0 Å². The zero-order valence-electron chi connectivity index (χ0n) is 28.5. The normalized spacial score (nSPS) is 11.9. The van der Waals surface area contributed by atoms with Crippen molar-refractivity contribution in [2.75, 3.05) is 5.32 Å². The van der Waals surface area contributed by atoms with Gasteiger partial charge >= 0.3 is 0 Å². The third-order valence-electron chi connectivity index (χ3n) is 9.34. The molecule has 0 spiro atoms. The first-order chi connectivity index (χ1) is 25.6. The van der Waals surface area contributed by atoms with Gasteiger partial charge in [0.2, 0.25) is 0 Å². The van der Waals surface area contributed by atoms with Crippen LogP contribution in [0.3, 0.4) is 0 Å². The fraction of sp³-hybridized carbons (Fsp3) is 0.0652. The van der Waals surface area contributed by atoms with E-state index < -0.39 is 0 Å². The van der Waals surface area contributed by atoms with E-state index in [4.69, 9.17) is 10.2 Å². The van der Waals surface area contributed by atoms with E-state index in [0.717, 1.165) is 66.7 Å². The Morgan fingerprint density at radius 1 is 0.615 bits per heavy atom. The number of nitrogens with two attached hydrogens (primary N) is 1. The van der Waals surface area contributed by atoms with Gasteiger partial charge in [0.1, 0.15) is 11.2 Å². The van der Waals surface area contributed by atoms with Gasteiger partial charge in [0, 0.05) is 46.4 Å². The Kier molecular flexibility index (Phi) is 9.29. The Morgan fingerprint density at radius 2 is 1.29 bits per heavy atom. The molecule has 6 nitrogen and oxygen atoms in total. The minimum absolute atomic E-state index is 0.342. The van der Waals surface area contributed by atoms with Gasteiger partial charge in [-0.2, -0.15) is 5.26 Å². The van der Waals surface area contributed by atoms with Crippen molar-refractivity contribution in [3.63, 3.8) is 0 Å². The highest BCUT2D eigenvalue weighted by Crippen LogP contribution is 2.39. The molecule has 0 saturated carbocycles. The predicted molar refractivity (Wildman–Crippen MR) is 211 cm³/mol. The molecule has 0 amide bonds. The van der Waals surface area contributed by atoms with Gasteiger partial charge in [-0.05, 0) is 70.3 Å². The number of hydrogen-bond donors (Lipinski definition) is 3. The highest BCUT2D eigenvalue weighted by atomic mass is 16.3. The molecule has 4 N–H and O–H groups in total. The quantitative estimate of drug-likeness (QED) is 0.0934. The summed E-state index contributed by atoms with van der Waals surface area (Å²) >= 11 is 0. The molecule has 0 fully saturated rings. The average Bonchev–Trinajstić information content (AvgIpc) is 3.59. The van der Waals surface area contributed by atoms with Gasteiger partial charge in [-0.25, -0.2) is 10.4 Å². The molecule has 6 heteroatoms. The summed E-state index contributed by atoms with van der Waals surface area (Å²) in [4.78, 5) is 0. The smallest absolute Gasteiger partial charge is 0.143 e. The zero-order valence-corrected chi connectivity index (χ0v) is 28.5. The number of fused-ring (bicyclic) bond motifs is 3. The third-order valence-corrected chi connectivity index (χ3v) is 9.34. The van der Waals surface area contributed by atoms with Crippen LogP contribution in [0.2, 0.25) is 0 Å². The van der Waals surface area contributed by atoms with Crippen LogP contribution in [0.4, 0.5) is 11.4 Å². The van der Waals surface area contributed by atoms with Crippen molar-refractivity contribution in [1.29, 1.82) is 5.26 Å². The van der Waals surface area contributed by atoms with Crippen LogP contribution in [0.15, 0.2) is 174 Å². The van der Waals surface area contributed by atoms with Crippen molar-refractivity contribution in [1.82, 2.24) is 10.4 Å². The number of anilines is 2. The minimum Gasteiger partial charge on any atom is -0.455 e. The van der Waals surface area contributed by atoms with Crippen molar-refractivity contribution in [3.05, 3.63) is 192 Å². The van der Waals surface area contributed by atoms with Crippen molar-refractivity contribution < 1.29 is 4.42 Å². The number of benzene rings is 7. The van der Waals surface area contributed by atoms with Crippen molar-refractivity contribution in [2.24, 2.45) is 5.73 Å². The maximum absolute atomic E-state index is 9.72. The first-order valence-electron chi connectivity index (χ1n) is 17.4. The Balaban J connectivity index is 1.09. The topological polar surface area (TPSA) is 90.2 Å². The van der Waals surface area contributed by atoms with E-state index in [-0.39, 0.29) is 6.17 Å². The molecular formula is C46H37N5O. The molecule has 52 heavy (non-hydrogen) atoms. The summed E-state index contributed by atoms with van der Waals surface area (Å²) in [5.41, 5.74) is 21.7. The monoisotopic (exact) mass is 675 g/mol. The molecule has 0 radical (unpaired) electrons. The number of nitriles is 1. The summed E-state index contributed by atoms with van der Waals surface area (Å²) in [5.74, 6) is 0. The summed E-state index contributed by atoms with van der Waals surface area (Å²) in [7, 11) is 0. The summed E-state index contributed by atoms with van der Waals surface area (Å²) in [6, 6.07) is 59.8. The largest absolute Gasteiger partial charge is 0.455 e. The van der Waals surface area contributed by atoms with E-state index >= 15 is 0 Å². The Labute approximate surface area is 303 Å². The Bertz CT molecular complexity index is 2500. The molecule has 0 bridgehead atoms. The summed E-state index contributed by atoms with van der Waals surface area (Å²) in [6.45, 7) is 1.35. The van der Waals surface area contributed by atoms with Gasteiger partial charge in [0.15, 0.2) is 0 Å². The highest BCUT2D eigenvalue weighted by molar-refractivity contribution is 6.09. The van der Waals surface area contributed by atoms with Gasteiger partial charge in [0.05, 0.1) is 17.8 Å². The second kappa shape index (κ2) is 14.8. The Hall–Kier alpha value is -6.49. The lowest BCUT2D eigenvalue weighted by Gasteiger charge is -2.27. The van der Waals surface area contributed by atoms with Crippen molar-refractivity contribution in [3.8, 4) is 28.3 Å². The van der Waals surface area contributed by atoms with Crippen LogP contribution < -0.4 is 16.5 Å². The maximum Gasteiger partial charge on any atom is 0.143 e. The van der Waals surface area contributed by atoms with Crippen LogP contribution in [0.1, 0.15) is 28.4 Å². The number of furan rings is 1. The zero-order chi connectivity index (χ0) is 35.3. The van der Waals surface area contributed by atoms with E-state index in [1.807, 2.05) is 78.9 Å². The number of hydrogen-bond acceptors (Lipinski definition) is 6. The molecule has 1 atom stereocenters. The number of nitrogens with one attached hydrogen (secondary N) is 2. The van der Waals surface area contributed by atoms with E-state index in [2.05, 4.69) is 113 Å². The van der Waals surface area contributed by atoms with E-state index in [0.29, 0.717) is 18.7 Å². The van der Waals surface area contributed by atoms with Crippen LogP contribution in [0, 0.1) is 11.3 Å². The van der Waals surface area contributed by atoms with E-state index in [1.165, 1.54) is 5.56 Å². The third kappa shape index (κ3) is 7.06. The molecule has 0 aliphatic rings. The van der Waals surface area contributed by atoms with Crippen molar-refractivity contribution >= 4 is 33.3 Å². The predicted octanol–water partition coefficient (Wildman–Crippen LogP) is 10.7. The summed E-state index contributed by atoms with van der Waals surface area (Å²) < 4.78 is 6.39. The Morgan fingerprint density at radius 3 is 2.08 bits per heavy atom. The molecule has 252 valence electrons. The number of hydrazine groups is 1. The molecule has 1 aromatic heterocycles. The summed E-state index contributed by atoms with van der Waals surface area (Å²) in [5, 5.41) is 17.7. The fourth-order valence-electron chi connectivity index (χ4n) is 6.74. The first kappa shape index (κ1) is 32.7. The highest BCUT2D eigenvalue weighted by Gasteiger charge is 2.16. The van der Waals surface area contributed by atoms with Crippen LogP contribution >= 0.6 is 0 Å². The van der Waals surface area contributed by atoms with E-state index in [9.17, 15) is 5.26 Å². The average molecular weight is 676 g/mol. The van der Waals surface area contributed by atoms with E-state index in [1.54, 1.807) is 0 Å². The molecular weight excluding hydrogens is 639 g/mol. The molecule has 1 heterocycles. The SMILES string of the molecule is N#Cc1cccc(-c2cc(-c3cccc4c3oc3ccccc34)ccc2Nc2ccc(CN(Cc3ccccc3)NC(N)c3ccccc3)cc2)c1. The minimum atomic E-state index is -0.342. The number of rotatable bonds is 11. The maximum atomic E-state index is 9.72. The lowest BCUT2D eigenvalue weighted by atomic mass is 9.95. The second-order valence-electron chi connectivity index (χ2n) is 12.9. The second-order valence-corrected chi connectivity index (χ2v) is 12.9. The molecule has 0 aliphatic carbocycles. The lowest BCUT2D eigenvalue weighted by Crippen LogP contribution is -2.43. The van der Waals surface area contributed by atoms with Crippen LogP contribution in [-0.4, -0.2) is 5.01 Å². The lowest BCUT2D eigenvalue weighted by molar-refractivity contribution is 0.140. The number of para-hydroxylation sites is 2. The molecule has 0 aliphatic heterocycles. The van der Waals surface area contributed by atoms with Gasteiger partial charge in [-0.3, -0.25) is 0 Å². The van der Waals surface area contributed by atoms with Gasteiger partial charge in [-0.15, -0.1) is 0 Å². The standard InChI is InChI=1S/C46H37N5O/c47-29-34-13-9-16-36(27-34)42-28-37(39-18-10-19-41-40-17-7-8-20-44(40)52-45(39)41)23-26-43(42)49-38-24-21-33(22-25-38)31-51(30-32-11-3-1-4-12-32)50-46(48)35-14-5-2-6-15-35/h1-28,46,49-50H,30-31,48H2. The van der Waals surface area contributed by atoms with Crippen LogP contribution in [-0.2, 0) is 13.1 Å². The summed E-state index contributed by atoms with van der Waals surface area (Å²) in [6.07, 6.45) is -0.342. The number of nitrogens with zero attached hydrogens (tertiary/aromatic N) is 2. The molecule has 0 saturated heterocycles. The van der Waals surface area contributed by atoms with Crippen LogP contribution in [0.5, 0.6) is 0 Å². The van der Waals surface area contributed by atoms with Crippen molar-refractivity contribution in [2.45, 2.75) is 19.3 Å². The molecule has 8 rings (SSSR count). The fourth-order valence-corrected chi connectivity index (χ4v) is 6.74. The molecule has 8 aromatic rings.